The molecule has 29 heavy (non-hydrogen) atoms. The van der Waals surface area contributed by atoms with Gasteiger partial charge in [0.25, 0.3) is 0 Å². The number of rotatable bonds is 4. The number of hydrogen-bond acceptors (Lipinski definition) is 8. The first-order valence-electron chi connectivity index (χ1n) is 8.86. The molecule has 1 saturated heterocycles. The van der Waals surface area contributed by atoms with Crippen molar-refractivity contribution in [1.82, 2.24) is 4.98 Å². The number of ketones is 2. The number of Topliss-reactive ketones (excluding diaryl/α,β-unsaturated/α-hetero) is 1. The number of primary sulfonamides is 1. The van der Waals surface area contributed by atoms with Gasteiger partial charge in [-0.3, -0.25) is 14.6 Å². The van der Waals surface area contributed by atoms with Crippen molar-refractivity contribution in [3.8, 4) is 0 Å². The molecule has 0 unspecified atom stereocenters. The Kier molecular flexibility index (Phi) is 4.91. The largest absolute Gasteiger partial charge is 0.378 e. The number of sulfonamides is 1. The Morgan fingerprint density at radius 1 is 1.14 bits per heavy atom. The summed E-state index contributed by atoms with van der Waals surface area (Å²) < 4.78 is 28.9. The van der Waals surface area contributed by atoms with Crippen LogP contribution in [-0.4, -0.2) is 51.3 Å². The van der Waals surface area contributed by atoms with Crippen molar-refractivity contribution in [3.63, 3.8) is 0 Å². The van der Waals surface area contributed by atoms with Gasteiger partial charge in [0.1, 0.15) is 0 Å². The number of ether oxygens (including phenoxy) is 1. The number of nitrogens with zero attached hydrogens (tertiary/aromatic N) is 2. The number of carbonyl (C=O) groups is 2. The molecule has 150 valence electrons. The Balaban J connectivity index is 1.64. The minimum atomic E-state index is -4.14. The second-order valence-corrected chi connectivity index (χ2v) is 8.16. The minimum absolute atomic E-state index is 0.0104. The zero-order chi connectivity index (χ0) is 20.6. The number of benzene rings is 1. The second-order valence-electron chi connectivity index (χ2n) is 6.63. The van der Waals surface area contributed by atoms with Crippen LogP contribution in [0, 0.1) is 0 Å². The maximum Gasteiger partial charge on any atom is 0.238 e. The van der Waals surface area contributed by atoms with E-state index >= 15 is 0 Å². The van der Waals surface area contributed by atoms with E-state index in [-0.39, 0.29) is 21.7 Å². The molecule has 1 aromatic heterocycles. The lowest BCUT2D eigenvalue weighted by atomic mass is 9.92. The summed E-state index contributed by atoms with van der Waals surface area (Å²) >= 11 is 0. The molecular weight excluding hydrogens is 396 g/mol. The summed E-state index contributed by atoms with van der Waals surface area (Å²) in [6.07, 6.45) is 4.34. The monoisotopic (exact) mass is 414 g/mol. The number of allylic oxidation sites excluding steroid dienone is 2. The Bertz CT molecular complexity index is 1140. The lowest BCUT2D eigenvalue weighted by Gasteiger charge is -2.28. The Morgan fingerprint density at radius 2 is 1.90 bits per heavy atom. The predicted molar refractivity (Wildman–Crippen MR) is 105 cm³/mol. The third-order valence-electron chi connectivity index (χ3n) is 4.72. The second kappa shape index (κ2) is 7.39. The molecule has 0 bridgehead atoms. The summed E-state index contributed by atoms with van der Waals surface area (Å²) in [7, 11) is -4.14. The normalized spacial score (nSPS) is 17.0. The molecule has 1 aromatic carbocycles. The fourth-order valence-corrected chi connectivity index (χ4v) is 4.13. The molecule has 2 heterocycles. The summed E-state index contributed by atoms with van der Waals surface area (Å²) in [5.74, 6) is -1.11. The molecule has 0 saturated carbocycles. The molecule has 0 radical (unpaired) electrons. The third-order valence-corrected chi connectivity index (χ3v) is 5.68. The van der Waals surface area contributed by atoms with Crippen molar-refractivity contribution in [1.29, 1.82) is 0 Å². The molecule has 4 rings (SSSR count). The maximum atomic E-state index is 12.9. The fourth-order valence-electron chi connectivity index (χ4n) is 3.36. The minimum Gasteiger partial charge on any atom is -0.378 e. The first-order chi connectivity index (χ1) is 13.8. The zero-order valence-electron chi connectivity index (χ0n) is 15.3. The van der Waals surface area contributed by atoms with E-state index in [0.29, 0.717) is 18.9 Å². The van der Waals surface area contributed by atoms with E-state index in [0.717, 1.165) is 24.9 Å². The van der Waals surface area contributed by atoms with Crippen LogP contribution in [0.25, 0.3) is 0 Å². The van der Waals surface area contributed by atoms with Gasteiger partial charge in [-0.1, -0.05) is 12.1 Å². The van der Waals surface area contributed by atoms with Gasteiger partial charge in [-0.25, -0.2) is 13.6 Å². The van der Waals surface area contributed by atoms with E-state index in [2.05, 4.69) is 15.2 Å². The summed E-state index contributed by atoms with van der Waals surface area (Å²) in [6.45, 7) is 2.71. The van der Waals surface area contributed by atoms with E-state index in [9.17, 15) is 18.0 Å². The Labute approximate surface area is 167 Å². The average molecular weight is 414 g/mol. The Hall–Kier alpha value is -3.08. The topological polar surface area (TPSA) is 132 Å². The van der Waals surface area contributed by atoms with Crippen LogP contribution in [0.15, 0.2) is 53.3 Å². The highest BCUT2D eigenvalue weighted by atomic mass is 32.2. The lowest BCUT2D eigenvalue weighted by Crippen LogP contribution is -2.36. The first kappa shape index (κ1) is 19.2. The van der Waals surface area contributed by atoms with E-state index < -0.39 is 21.6 Å². The molecule has 3 N–H and O–H groups in total. The van der Waals surface area contributed by atoms with Crippen LogP contribution in [-0.2, 0) is 14.8 Å². The number of fused-ring (bicyclic) bond motifs is 1. The fraction of sp³-hybridized carbons (Fsp3) is 0.211. The van der Waals surface area contributed by atoms with Crippen LogP contribution < -0.4 is 15.4 Å². The van der Waals surface area contributed by atoms with E-state index in [4.69, 9.17) is 9.88 Å². The number of pyridine rings is 1. The van der Waals surface area contributed by atoms with Gasteiger partial charge in [0.05, 0.1) is 53.1 Å². The zero-order valence-corrected chi connectivity index (χ0v) is 16.1. The van der Waals surface area contributed by atoms with E-state index in [1.807, 2.05) is 6.07 Å². The molecule has 9 nitrogen and oxygen atoms in total. The number of hydrogen-bond donors (Lipinski definition) is 2. The van der Waals surface area contributed by atoms with Gasteiger partial charge in [0.15, 0.2) is 5.78 Å². The number of aromatic nitrogens is 1. The van der Waals surface area contributed by atoms with Crippen LogP contribution >= 0.6 is 0 Å². The SMILES string of the molecule is NS(=O)(=O)c1cccc2c1C(=O)C=C(Nc1cncc(N3CCOCC3)c1)C2=O. The van der Waals surface area contributed by atoms with Crippen LogP contribution in [0.3, 0.4) is 0 Å². The Morgan fingerprint density at radius 3 is 2.62 bits per heavy atom. The summed E-state index contributed by atoms with van der Waals surface area (Å²) in [4.78, 5) is 31.4. The standard InChI is InChI=1S/C19H18N4O5S/c20-29(26,27)17-3-1-2-14-18(17)16(24)9-15(19(14)25)22-12-8-13(11-21-10-12)23-4-6-28-7-5-23/h1-3,8-11,22H,4-7H2,(H2,20,26,27). The van der Waals surface area contributed by atoms with Gasteiger partial charge in [0, 0.05) is 24.7 Å². The molecule has 1 fully saturated rings. The van der Waals surface area contributed by atoms with Gasteiger partial charge in [-0.05, 0) is 12.1 Å². The quantitative estimate of drug-likeness (QED) is 0.756. The molecule has 10 heteroatoms. The van der Waals surface area contributed by atoms with Crippen molar-refractivity contribution in [2.75, 3.05) is 36.5 Å². The van der Waals surface area contributed by atoms with Gasteiger partial charge in [0.2, 0.25) is 15.8 Å². The molecular formula is C19H18N4O5S. The summed E-state index contributed by atoms with van der Waals surface area (Å²) in [5, 5.41) is 8.11. The number of carbonyl (C=O) groups excluding carboxylic acids is 2. The van der Waals surface area contributed by atoms with Crippen LogP contribution in [0.4, 0.5) is 11.4 Å². The molecule has 0 amide bonds. The molecule has 2 aliphatic rings. The maximum absolute atomic E-state index is 12.9. The van der Waals surface area contributed by atoms with Crippen molar-refractivity contribution in [2.24, 2.45) is 5.14 Å². The van der Waals surface area contributed by atoms with Gasteiger partial charge in [-0.15, -0.1) is 0 Å². The molecule has 1 aliphatic carbocycles. The lowest BCUT2D eigenvalue weighted by molar-refractivity contribution is 0.0983. The third kappa shape index (κ3) is 3.77. The molecule has 0 atom stereocenters. The number of nitrogens with one attached hydrogen (secondary N) is 1. The van der Waals surface area contributed by atoms with Crippen molar-refractivity contribution in [3.05, 3.63) is 59.6 Å². The average Bonchev–Trinajstić information content (AvgIpc) is 2.71. The van der Waals surface area contributed by atoms with Crippen LogP contribution in [0.5, 0.6) is 0 Å². The van der Waals surface area contributed by atoms with Gasteiger partial charge < -0.3 is 15.0 Å². The van der Waals surface area contributed by atoms with E-state index in [1.165, 1.54) is 18.2 Å². The number of anilines is 2. The highest BCUT2D eigenvalue weighted by Gasteiger charge is 2.31. The van der Waals surface area contributed by atoms with Crippen LogP contribution in [0.1, 0.15) is 20.7 Å². The highest BCUT2D eigenvalue weighted by Crippen LogP contribution is 2.28. The summed E-state index contributed by atoms with van der Waals surface area (Å²) in [6, 6.07) is 5.82. The summed E-state index contributed by atoms with van der Waals surface area (Å²) in [5.41, 5.74) is 1.22. The number of nitrogens with two attached hydrogens (primary N) is 1. The van der Waals surface area contributed by atoms with Gasteiger partial charge in [-0.2, -0.15) is 0 Å². The van der Waals surface area contributed by atoms with Crippen molar-refractivity contribution >= 4 is 33.0 Å². The highest BCUT2D eigenvalue weighted by molar-refractivity contribution is 7.89. The molecule has 2 aromatic rings. The van der Waals surface area contributed by atoms with Gasteiger partial charge >= 0.3 is 0 Å². The predicted octanol–water partition coefficient (Wildman–Crippen LogP) is 0.941. The smallest absolute Gasteiger partial charge is 0.238 e. The van der Waals surface area contributed by atoms with Crippen molar-refractivity contribution < 1.29 is 22.7 Å². The van der Waals surface area contributed by atoms with Crippen LogP contribution in [0.2, 0.25) is 0 Å². The van der Waals surface area contributed by atoms with E-state index in [1.54, 1.807) is 12.4 Å². The van der Waals surface area contributed by atoms with Crippen molar-refractivity contribution in [2.45, 2.75) is 4.90 Å². The first-order valence-corrected chi connectivity index (χ1v) is 10.4. The molecule has 0 spiro atoms. The molecule has 1 aliphatic heterocycles. The number of morpholine rings is 1.